The predicted molar refractivity (Wildman–Crippen MR) is 72.1 cm³/mol. The van der Waals surface area contributed by atoms with Gasteiger partial charge in [-0.15, -0.1) is 0 Å². The SMILES string of the molecule is c1ccc(CCN2CC[C@@H]3CCCC[C@@H]32)cc1. The summed E-state index contributed by atoms with van der Waals surface area (Å²) in [5, 5.41) is 0. The molecule has 1 aromatic rings. The normalized spacial score (nSPS) is 29.2. The van der Waals surface area contributed by atoms with E-state index >= 15 is 0 Å². The molecule has 2 atom stereocenters. The van der Waals surface area contributed by atoms with E-state index in [2.05, 4.69) is 35.2 Å². The summed E-state index contributed by atoms with van der Waals surface area (Å²) in [6.07, 6.45) is 8.58. The van der Waals surface area contributed by atoms with E-state index in [-0.39, 0.29) is 0 Å². The fourth-order valence-electron chi connectivity index (χ4n) is 3.70. The van der Waals surface area contributed by atoms with E-state index in [1.54, 1.807) is 0 Å². The van der Waals surface area contributed by atoms with Gasteiger partial charge in [0, 0.05) is 12.6 Å². The highest BCUT2D eigenvalue weighted by Gasteiger charge is 2.34. The molecule has 1 aliphatic heterocycles. The van der Waals surface area contributed by atoms with Crippen LogP contribution in [0.3, 0.4) is 0 Å². The van der Waals surface area contributed by atoms with Gasteiger partial charge in [-0.05, 0) is 43.7 Å². The summed E-state index contributed by atoms with van der Waals surface area (Å²) in [6, 6.07) is 11.9. The Morgan fingerprint density at radius 1 is 1.00 bits per heavy atom. The molecule has 0 amide bonds. The van der Waals surface area contributed by atoms with Crippen LogP contribution in [0.1, 0.15) is 37.7 Å². The third kappa shape index (κ3) is 2.55. The Morgan fingerprint density at radius 2 is 1.82 bits per heavy atom. The van der Waals surface area contributed by atoms with Crippen LogP contribution in [-0.4, -0.2) is 24.0 Å². The first-order valence-electron chi connectivity index (χ1n) is 7.21. The van der Waals surface area contributed by atoms with Gasteiger partial charge in [-0.3, -0.25) is 4.90 Å². The second-order valence-electron chi connectivity index (χ2n) is 5.67. The Morgan fingerprint density at radius 3 is 2.71 bits per heavy atom. The number of rotatable bonds is 3. The van der Waals surface area contributed by atoms with Crippen LogP contribution in [0.25, 0.3) is 0 Å². The summed E-state index contributed by atoms with van der Waals surface area (Å²) in [6.45, 7) is 2.62. The van der Waals surface area contributed by atoms with Gasteiger partial charge in [-0.25, -0.2) is 0 Å². The molecule has 1 aliphatic carbocycles. The van der Waals surface area contributed by atoms with Crippen LogP contribution >= 0.6 is 0 Å². The molecule has 1 saturated carbocycles. The zero-order valence-corrected chi connectivity index (χ0v) is 10.6. The summed E-state index contributed by atoms with van der Waals surface area (Å²) in [5.74, 6) is 1.03. The van der Waals surface area contributed by atoms with Crippen LogP contribution < -0.4 is 0 Å². The minimum atomic E-state index is 0.924. The second-order valence-corrected chi connectivity index (χ2v) is 5.67. The Labute approximate surface area is 105 Å². The van der Waals surface area contributed by atoms with Crippen LogP contribution in [0.2, 0.25) is 0 Å². The van der Waals surface area contributed by atoms with Crippen LogP contribution in [0.15, 0.2) is 30.3 Å². The summed E-state index contributed by atoms with van der Waals surface area (Å²) >= 11 is 0. The quantitative estimate of drug-likeness (QED) is 0.767. The first kappa shape index (κ1) is 11.3. The molecule has 92 valence electrons. The van der Waals surface area contributed by atoms with E-state index in [1.807, 2.05) is 0 Å². The third-order valence-electron chi connectivity index (χ3n) is 4.66. The molecule has 0 N–H and O–H groups in total. The number of likely N-dealkylation sites (tertiary alicyclic amines) is 1. The molecular formula is C16H23N. The van der Waals surface area contributed by atoms with Gasteiger partial charge in [0.05, 0.1) is 0 Å². The summed E-state index contributed by atoms with van der Waals surface area (Å²) < 4.78 is 0. The standard InChI is InChI=1S/C16H23N/c1-2-6-14(7-3-1)10-12-17-13-11-15-8-4-5-9-16(15)17/h1-3,6-7,15-16H,4-5,8-13H2/t15-,16-/m0/s1. The third-order valence-corrected chi connectivity index (χ3v) is 4.66. The van der Waals surface area contributed by atoms with Gasteiger partial charge in [-0.2, -0.15) is 0 Å². The van der Waals surface area contributed by atoms with Crippen LogP contribution in [-0.2, 0) is 6.42 Å². The summed E-state index contributed by atoms with van der Waals surface area (Å²) in [5.41, 5.74) is 1.49. The maximum atomic E-state index is 2.76. The Bertz CT molecular complexity index is 346. The number of hydrogen-bond acceptors (Lipinski definition) is 1. The van der Waals surface area contributed by atoms with Crippen LogP contribution in [0.5, 0.6) is 0 Å². The lowest BCUT2D eigenvalue weighted by Gasteiger charge is -2.31. The highest BCUT2D eigenvalue weighted by atomic mass is 15.2. The average Bonchev–Trinajstić information content (AvgIpc) is 2.81. The smallest absolute Gasteiger partial charge is 0.0124 e. The highest BCUT2D eigenvalue weighted by molar-refractivity contribution is 5.15. The largest absolute Gasteiger partial charge is 0.300 e. The van der Waals surface area contributed by atoms with E-state index < -0.39 is 0 Å². The zero-order chi connectivity index (χ0) is 11.5. The molecular weight excluding hydrogens is 206 g/mol. The maximum absolute atomic E-state index is 2.76. The van der Waals surface area contributed by atoms with Gasteiger partial charge in [0.25, 0.3) is 0 Å². The van der Waals surface area contributed by atoms with Gasteiger partial charge in [0.1, 0.15) is 0 Å². The lowest BCUT2D eigenvalue weighted by molar-refractivity contribution is 0.184. The van der Waals surface area contributed by atoms with Crippen molar-refractivity contribution in [2.45, 2.75) is 44.6 Å². The number of hydrogen-bond donors (Lipinski definition) is 0. The molecule has 0 unspecified atom stereocenters. The Balaban J connectivity index is 1.55. The average molecular weight is 229 g/mol. The van der Waals surface area contributed by atoms with Crippen molar-refractivity contribution in [3.05, 3.63) is 35.9 Å². The van der Waals surface area contributed by atoms with Gasteiger partial charge >= 0.3 is 0 Å². The minimum absolute atomic E-state index is 0.924. The summed E-state index contributed by atoms with van der Waals surface area (Å²) in [7, 11) is 0. The molecule has 0 bridgehead atoms. The van der Waals surface area contributed by atoms with Crippen molar-refractivity contribution in [1.29, 1.82) is 0 Å². The Kier molecular flexibility index (Phi) is 3.46. The molecule has 1 saturated heterocycles. The van der Waals surface area contributed by atoms with E-state index in [1.165, 1.54) is 57.2 Å². The number of benzene rings is 1. The van der Waals surface area contributed by atoms with Crippen molar-refractivity contribution in [1.82, 2.24) is 4.90 Å². The summed E-state index contributed by atoms with van der Waals surface area (Å²) in [4.78, 5) is 2.76. The molecule has 17 heavy (non-hydrogen) atoms. The van der Waals surface area contributed by atoms with Crippen molar-refractivity contribution < 1.29 is 0 Å². The minimum Gasteiger partial charge on any atom is -0.300 e. The molecule has 0 spiro atoms. The highest BCUT2D eigenvalue weighted by Crippen LogP contribution is 2.35. The monoisotopic (exact) mass is 229 g/mol. The molecule has 1 nitrogen and oxygen atoms in total. The predicted octanol–water partition coefficient (Wildman–Crippen LogP) is 3.49. The topological polar surface area (TPSA) is 3.24 Å². The van der Waals surface area contributed by atoms with Crippen LogP contribution in [0.4, 0.5) is 0 Å². The zero-order valence-electron chi connectivity index (χ0n) is 10.6. The van der Waals surface area contributed by atoms with E-state index in [4.69, 9.17) is 0 Å². The fraction of sp³-hybridized carbons (Fsp3) is 0.625. The first-order chi connectivity index (χ1) is 8.43. The molecule has 2 aliphatic rings. The molecule has 1 heteroatoms. The molecule has 1 aromatic carbocycles. The van der Waals surface area contributed by atoms with Crippen molar-refractivity contribution in [2.75, 3.05) is 13.1 Å². The van der Waals surface area contributed by atoms with E-state index in [9.17, 15) is 0 Å². The maximum Gasteiger partial charge on any atom is 0.0124 e. The molecule has 2 fully saturated rings. The van der Waals surface area contributed by atoms with Crippen molar-refractivity contribution in [2.24, 2.45) is 5.92 Å². The van der Waals surface area contributed by atoms with E-state index in [0.717, 1.165) is 12.0 Å². The second kappa shape index (κ2) is 5.22. The molecule has 3 rings (SSSR count). The van der Waals surface area contributed by atoms with Gasteiger partial charge in [0.15, 0.2) is 0 Å². The van der Waals surface area contributed by atoms with Gasteiger partial charge in [0.2, 0.25) is 0 Å². The van der Waals surface area contributed by atoms with Gasteiger partial charge < -0.3 is 0 Å². The molecule has 1 heterocycles. The first-order valence-corrected chi connectivity index (χ1v) is 7.21. The number of nitrogens with zero attached hydrogens (tertiary/aromatic N) is 1. The molecule has 0 radical (unpaired) electrons. The lowest BCUT2D eigenvalue weighted by atomic mass is 9.85. The van der Waals surface area contributed by atoms with Crippen molar-refractivity contribution in [3.8, 4) is 0 Å². The van der Waals surface area contributed by atoms with E-state index in [0.29, 0.717) is 0 Å². The lowest BCUT2D eigenvalue weighted by Crippen LogP contribution is -2.36. The number of fused-ring (bicyclic) bond motifs is 1. The Hall–Kier alpha value is -0.820. The van der Waals surface area contributed by atoms with Crippen molar-refractivity contribution in [3.63, 3.8) is 0 Å². The van der Waals surface area contributed by atoms with Crippen molar-refractivity contribution >= 4 is 0 Å². The van der Waals surface area contributed by atoms with Crippen LogP contribution in [0, 0.1) is 5.92 Å². The van der Waals surface area contributed by atoms with Gasteiger partial charge in [-0.1, -0.05) is 43.2 Å². The fourth-order valence-corrected chi connectivity index (χ4v) is 3.70. The molecule has 0 aromatic heterocycles.